The number of unbranched alkanes of at least 4 members (excludes halogenated alkanes) is 24. The van der Waals surface area contributed by atoms with Crippen molar-refractivity contribution in [2.75, 3.05) is 52.9 Å². The van der Waals surface area contributed by atoms with Gasteiger partial charge in [0, 0.05) is 32.6 Å². The molecule has 0 rings (SSSR count). The summed E-state index contributed by atoms with van der Waals surface area (Å²) in [5.41, 5.74) is -1.12. The van der Waals surface area contributed by atoms with Gasteiger partial charge in [0.25, 0.3) is 0 Å². The summed E-state index contributed by atoms with van der Waals surface area (Å²) in [6.07, 6.45) is 43.1. The average molecular weight is 949 g/mol. The number of amides is 1. The van der Waals surface area contributed by atoms with Gasteiger partial charge in [-0.05, 0) is 97.3 Å². The van der Waals surface area contributed by atoms with Crippen LogP contribution in [0.4, 0.5) is 0 Å². The minimum absolute atomic E-state index is 0.316. The van der Waals surface area contributed by atoms with Crippen LogP contribution in [-0.4, -0.2) is 95.6 Å². The topological polar surface area (TPSA) is 101 Å². The molecule has 0 aliphatic rings. The SMILES string of the molecule is CCCCCCCCC(CCCCCC)(CCCCCCN(CCCCCCC(CCCCCC)(CCCCCCCC)C(=O)O)CCN(C)CCCC(=O)N(CCCC)CCCC)C(=O)O. The Kier molecular flexibility index (Phi) is 44.3. The fourth-order valence-electron chi connectivity index (χ4n) is 10.4. The molecule has 0 aromatic heterocycles. The van der Waals surface area contributed by atoms with Gasteiger partial charge in [-0.1, -0.05) is 221 Å². The number of nitrogens with zero attached hydrogens (tertiary/aromatic N) is 3. The lowest BCUT2D eigenvalue weighted by Crippen LogP contribution is -2.36. The molecule has 0 radical (unpaired) electrons. The van der Waals surface area contributed by atoms with Crippen molar-refractivity contribution in [3.63, 3.8) is 0 Å². The lowest BCUT2D eigenvalue weighted by Gasteiger charge is -2.30. The van der Waals surface area contributed by atoms with Crippen LogP contribution in [0.25, 0.3) is 0 Å². The molecule has 8 nitrogen and oxygen atoms in total. The quantitative estimate of drug-likeness (QED) is 0.0586. The van der Waals surface area contributed by atoms with E-state index in [2.05, 4.69) is 63.3 Å². The van der Waals surface area contributed by atoms with Crippen LogP contribution in [0.5, 0.6) is 0 Å². The number of carboxylic acid groups (broad SMARTS) is 2. The van der Waals surface area contributed by atoms with Gasteiger partial charge in [-0.15, -0.1) is 0 Å². The number of rotatable bonds is 53. The third-order valence-electron chi connectivity index (χ3n) is 15.3. The maximum Gasteiger partial charge on any atom is 0.309 e. The number of likely N-dealkylation sites (N-methyl/N-ethyl adjacent to an activating group) is 1. The molecule has 398 valence electrons. The van der Waals surface area contributed by atoms with Gasteiger partial charge in [-0.3, -0.25) is 14.4 Å². The third-order valence-corrected chi connectivity index (χ3v) is 15.3. The molecule has 67 heavy (non-hydrogen) atoms. The summed E-state index contributed by atoms with van der Waals surface area (Å²) < 4.78 is 0. The average Bonchev–Trinajstić information content (AvgIpc) is 3.31. The van der Waals surface area contributed by atoms with E-state index in [0.29, 0.717) is 12.3 Å². The molecule has 2 atom stereocenters. The lowest BCUT2D eigenvalue weighted by molar-refractivity contribution is -0.151. The van der Waals surface area contributed by atoms with Gasteiger partial charge >= 0.3 is 11.9 Å². The molecule has 0 bridgehead atoms. The predicted molar refractivity (Wildman–Crippen MR) is 289 cm³/mol. The van der Waals surface area contributed by atoms with Gasteiger partial charge in [0.05, 0.1) is 10.8 Å². The Morgan fingerprint density at radius 1 is 0.328 bits per heavy atom. The Morgan fingerprint density at radius 3 is 0.955 bits per heavy atom. The summed E-state index contributed by atoms with van der Waals surface area (Å²) in [5.74, 6) is -0.794. The second-order valence-electron chi connectivity index (χ2n) is 21.5. The van der Waals surface area contributed by atoms with Crippen LogP contribution in [-0.2, 0) is 14.4 Å². The Bertz CT molecular complexity index is 1070. The van der Waals surface area contributed by atoms with Crippen molar-refractivity contribution < 1.29 is 24.6 Å². The molecule has 2 N–H and O–H groups in total. The number of carbonyl (C=O) groups excluding carboxylic acids is 1. The Labute approximate surface area is 417 Å². The van der Waals surface area contributed by atoms with E-state index in [1.807, 2.05) is 0 Å². The fourth-order valence-corrected chi connectivity index (χ4v) is 10.4. The molecular weight excluding hydrogens is 831 g/mol. The molecule has 0 saturated carbocycles. The van der Waals surface area contributed by atoms with Crippen LogP contribution in [0.2, 0.25) is 0 Å². The molecule has 1 amide bonds. The number of carboxylic acids is 2. The van der Waals surface area contributed by atoms with Crippen molar-refractivity contribution in [1.82, 2.24) is 14.7 Å². The summed E-state index contributed by atoms with van der Waals surface area (Å²) in [7, 11) is 2.21. The van der Waals surface area contributed by atoms with Gasteiger partial charge in [0.2, 0.25) is 5.91 Å². The zero-order valence-corrected chi connectivity index (χ0v) is 46.2. The standard InChI is InChI=1S/C59H117N3O5/c1-8-14-20-24-26-34-44-58(56(64)65,42-32-22-16-10-3)46-36-28-30-38-49-61(54-53-60(7)48-40-41-55(63)62(51-18-12-5)52-19-13-6)50-39-31-29-37-47-59(57(66)67,43-33-23-17-11-4)45-35-27-25-21-15-9-2/h8-54H2,1-7H3,(H,64,65)(H,66,67). The van der Waals surface area contributed by atoms with Crippen molar-refractivity contribution in [3.05, 3.63) is 0 Å². The molecule has 0 aromatic carbocycles. The first-order valence-corrected chi connectivity index (χ1v) is 29.7. The van der Waals surface area contributed by atoms with E-state index >= 15 is 0 Å². The lowest BCUT2D eigenvalue weighted by atomic mass is 9.74. The Morgan fingerprint density at radius 2 is 0.627 bits per heavy atom. The summed E-state index contributed by atoms with van der Waals surface area (Å²) in [6.45, 7) is 20.2. The van der Waals surface area contributed by atoms with Crippen LogP contribution in [0.3, 0.4) is 0 Å². The second-order valence-corrected chi connectivity index (χ2v) is 21.5. The van der Waals surface area contributed by atoms with Crippen molar-refractivity contribution in [2.24, 2.45) is 10.8 Å². The molecule has 8 heteroatoms. The van der Waals surface area contributed by atoms with Gasteiger partial charge in [-0.2, -0.15) is 0 Å². The third kappa shape index (κ3) is 34.3. The number of hydrogen-bond donors (Lipinski definition) is 2. The molecule has 0 fully saturated rings. The summed E-state index contributed by atoms with van der Waals surface area (Å²) >= 11 is 0. The van der Waals surface area contributed by atoms with E-state index < -0.39 is 22.8 Å². The maximum atomic E-state index is 13.1. The van der Waals surface area contributed by atoms with Crippen molar-refractivity contribution in [1.29, 1.82) is 0 Å². The molecule has 0 heterocycles. The number of carbonyl (C=O) groups is 3. The van der Waals surface area contributed by atoms with E-state index in [1.54, 1.807) is 0 Å². The summed E-state index contributed by atoms with van der Waals surface area (Å²) in [4.78, 5) is 46.2. The van der Waals surface area contributed by atoms with Crippen LogP contribution in [0.1, 0.15) is 298 Å². The smallest absolute Gasteiger partial charge is 0.309 e. The number of aliphatic carboxylic acids is 2. The van der Waals surface area contributed by atoms with E-state index in [-0.39, 0.29) is 0 Å². The zero-order chi connectivity index (χ0) is 49.7. The molecular formula is C59H117N3O5. The maximum absolute atomic E-state index is 13.1. The minimum atomic E-state index is -0.559. The second kappa shape index (κ2) is 45.5. The summed E-state index contributed by atoms with van der Waals surface area (Å²) in [5, 5.41) is 21.3. The highest BCUT2D eigenvalue weighted by Gasteiger charge is 2.37. The van der Waals surface area contributed by atoms with Crippen LogP contribution >= 0.6 is 0 Å². The van der Waals surface area contributed by atoms with Crippen molar-refractivity contribution >= 4 is 17.8 Å². The highest BCUT2D eigenvalue weighted by atomic mass is 16.4. The first-order chi connectivity index (χ1) is 32.5. The van der Waals surface area contributed by atoms with Crippen LogP contribution in [0.15, 0.2) is 0 Å². The van der Waals surface area contributed by atoms with Gasteiger partial charge < -0.3 is 24.9 Å². The predicted octanol–water partition coefficient (Wildman–Crippen LogP) is 16.9. The first-order valence-electron chi connectivity index (χ1n) is 29.7. The summed E-state index contributed by atoms with van der Waals surface area (Å²) in [6, 6.07) is 0. The van der Waals surface area contributed by atoms with E-state index in [1.165, 1.54) is 77.0 Å². The van der Waals surface area contributed by atoms with Gasteiger partial charge in [0.1, 0.15) is 0 Å². The van der Waals surface area contributed by atoms with E-state index in [4.69, 9.17) is 0 Å². The van der Waals surface area contributed by atoms with Crippen molar-refractivity contribution in [2.45, 2.75) is 298 Å². The highest BCUT2D eigenvalue weighted by Crippen LogP contribution is 2.39. The fraction of sp³-hybridized carbons (Fsp3) is 0.949. The van der Waals surface area contributed by atoms with Crippen LogP contribution < -0.4 is 0 Å². The molecule has 0 aliphatic carbocycles. The zero-order valence-electron chi connectivity index (χ0n) is 46.2. The first kappa shape index (κ1) is 65.3. The van der Waals surface area contributed by atoms with Gasteiger partial charge in [0.15, 0.2) is 0 Å². The molecule has 2 unspecified atom stereocenters. The minimum Gasteiger partial charge on any atom is -0.481 e. The van der Waals surface area contributed by atoms with Gasteiger partial charge in [-0.25, -0.2) is 0 Å². The van der Waals surface area contributed by atoms with E-state index in [9.17, 15) is 24.6 Å². The van der Waals surface area contributed by atoms with Crippen LogP contribution in [0, 0.1) is 10.8 Å². The highest BCUT2D eigenvalue weighted by molar-refractivity contribution is 5.76. The molecule has 0 saturated heterocycles. The molecule has 0 aromatic rings. The largest absolute Gasteiger partial charge is 0.481 e. The van der Waals surface area contributed by atoms with Crippen molar-refractivity contribution in [3.8, 4) is 0 Å². The molecule has 0 spiro atoms. The normalized spacial score (nSPS) is 13.6. The number of hydrogen-bond acceptors (Lipinski definition) is 5. The monoisotopic (exact) mass is 948 g/mol. The molecule has 0 aliphatic heterocycles. The Hall–Kier alpha value is -1.67. The van der Waals surface area contributed by atoms with E-state index in [0.717, 1.165) is 219 Å². The Balaban J connectivity index is 5.51.